The first-order valence-corrected chi connectivity index (χ1v) is 12.6. The van der Waals surface area contributed by atoms with Crippen molar-refractivity contribution in [3.63, 3.8) is 0 Å². The number of fused-ring (bicyclic) bond motifs is 4. The summed E-state index contributed by atoms with van der Waals surface area (Å²) in [6, 6.07) is 9.60. The highest BCUT2D eigenvalue weighted by Gasteiger charge is 2.54. The van der Waals surface area contributed by atoms with Gasteiger partial charge in [-0.05, 0) is 105 Å². The van der Waals surface area contributed by atoms with E-state index in [1.54, 1.807) is 0 Å². The SMILES string of the molecule is [N-]=c1c(C(=O)O)nc2ccccc2n1C1C[C@H]2CC[C@@H](C1)N2C1C2CC3CC(C2)CC1C3. The third-order valence-electron chi connectivity index (χ3n) is 9.67. The van der Waals surface area contributed by atoms with Crippen molar-refractivity contribution in [3.05, 3.63) is 40.9 Å². The average molecular weight is 432 g/mol. The minimum atomic E-state index is -1.17. The number of aromatic carboxylic acids is 1. The number of carbonyl (C=O) groups is 1. The topological polar surface area (TPSA) is 80.7 Å². The number of carboxylic acids is 1. The third kappa shape index (κ3) is 2.71. The van der Waals surface area contributed by atoms with Crippen LogP contribution < -0.4 is 5.49 Å². The van der Waals surface area contributed by atoms with Crippen molar-refractivity contribution in [1.29, 1.82) is 0 Å². The zero-order valence-electron chi connectivity index (χ0n) is 18.4. The number of aromatic nitrogens is 2. The van der Waals surface area contributed by atoms with Crippen molar-refractivity contribution < 1.29 is 9.90 Å². The summed E-state index contributed by atoms with van der Waals surface area (Å²) in [7, 11) is 0. The number of carboxylic acid groups (broad SMARTS) is 1. The van der Waals surface area contributed by atoms with Crippen LogP contribution in [0.5, 0.6) is 0 Å². The number of rotatable bonds is 3. The molecule has 6 heteroatoms. The molecule has 1 unspecified atom stereocenters. The lowest BCUT2D eigenvalue weighted by Crippen LogP contribution is -2.60. The molecule has 6 fully saturated rings. The normalized spacial score (nSPS) is 40.2. The summed E-state index contributed by atoms with van der Waals surface area (Å²) in [5, 5.41) is 20.6. The Labute approximate surface area is 188 Å². The van der Waals surface area contributed by atoms with E-state index in [1.165, 1.54) is 44.9 Å². The molecule has 168 valence electrons. The minimum absolute atomic E-state index is 0.117. The van der Waals surface area contributed by atoms with Crippen LogP contribution in [0.25, 0.3) is 16.4 Å². The predicted octanol–water partition coefficient (Wildman–Crippen LogP) is 4.20. The van der Waals surface area contributed by atoms with Gasteiger partial charge in [0.25, 0.3) is 0 Å². The van der Waals surface area contributed by atoms with Gasteiger partial charge < -0.3 is 15.1 Å². The lowest BCUT2D eigenvalue weighted by molar-refractivity contribution is -0.0938. The molecule has 2 aliphatic heterocycles. The summed E-state index contributed by atoms with van der Waals surface area (Å²) in [5.74, 6) is 2.61. The van der Waals surface area contributed by atoms with E-state index in [-0.39, 0.29) is 17.2 Å². The van der Waals surface area contributed by atoms with Gasteiger partial charge in [-0.2, -0.15) is 0 Å². The summed E-state index contributed by atoms with van der Waals surface area (Å²) in [4.78, 5) is 19.0. The van der Waals surface area contributed by atoms with Gasteiger partial charge in [0.15, 0.2) is 0 Å². The van der Waals surface area contributed by atoms with E-state index >= 15 is 0 Å². The Morgan fingerprint density at radius 3 is 2.16 bits per heavy atom. The summed E-state index contributed by atoms with van der Waals surface area (Å²) in [5.41, 5.74) is 1.05. The van der Waals surface area contributed by atoms with Gasteiger partial charge in [-0.25, -0.2) is 9.78 Å². The number of hydrogen-bond acceptors (Lipinski definition) is 3. The van der Waals surface area contributed by atoms with E-state index in [1.807, 2.05) is 28.8 Å². The van der Waals surface area contributed by atoms with E-state index < -0.39 is 5.97 Å². The van der Waals surface area contributed by atoms with Crippen molar-refractivity contribution in [1.82, 2.24) is 14.5 Å². The average Bonchev–Trinajstić information content (AvgIpc) is 3.01. The lowest BCUT2D eigenvalue weighted by atomic mass is 9.53. The highest BCUT2D eigenvalue weighted by atomic mass is 16.4. The van der Waals surface area contributed by atoms with Crippen LogP contribution in [0.1, 0.15) is 74.3 Å². The second kappa shape index (κ2) is 6.89. The van der Waals surface area contributed by atoms with Gasteiger partial charge in [0, 0.05) is 18.1 Å². The molecule has 1 N–H and O–H groups in total. The fourth-order valence-corrected chi connectivity index (χ4v) is 8.94. The molecule has 8 rings (SSSR count). The molecule has 6 bridgehead atoms. The largest absolute Gasteiger partial charge is 0.477 e. The van der Waals surface area contributed by atoms with Crippen molar-refractivity contribution >= 4 is 17.0 Å². The summed E-state index contributed by atoms with van der Waals surface area (Å²) >= 11 is 0. The number of piperidine rings is 1. The number of benzene rings is 1. The Balaban J connectivity index is 1.24. The molecule has 2 saturated heterocycles. The van der Waals surface area contributed by atoms with Gasteiger partial charge in [0.2, 0.25) is 0 Å². The van der Waals surface area contributed by atoms with E-state index in [0.717, 1.165) is 48.1 Å². The molecule has 6 nitrogen and oxygen atoms in total. The van der Waals surface area contributed by atoms with Gasteiger partial charge >= 0.3 is 5.97 Å². The number of hydrogen-bond donors (Lipinski definition) is 1. The fraction of sp³-hybridized carbons (Fsp3) is 0.654. The molecule has 32 heavy (non-hydrogen) atoms. The van der Waals surface area contributed by atoms with E-state index in [4.69, 9.17) is 0 Å². The van der Waals surface area contributed by atoms with Crippen LogP contribution in [0.2, 0.25) is 0 Å². The molecule has 1 aromatic heterocycles. The van der Waals surface area contributed by atoms with Crippen LogP contribution in [0.3, 0.4) is 0 Å². The summed E-state index contributed by atoms with van der Waals surface area (Å²) in [6.07, 6.45) is 11.7. The molecule has 3 heterocycles. The molecule has 0 amide bonds. The third-order valence-corrected chi connectivity index (χ3v) is 9.67. The Morgan fingerprint density at radius 1 is 0.906 bits per heavy atom. The number of para-hydroxylation sites is 2. The van der Waals surface area contributed by atoms with Gasteiger partial charge in [0.1, 0.15) is 5.69 Å². The quantitative estimate of drug-likeness (QED) is 0.790. The Hall–Kier alpha value is -2.21. The van der Waals surface area contributed by atoms with E-state index in [0.29, 0.717) is 17.6 Å². The molecule has 0 spiro atoms. The van der Waals surface area contributed by atoms with E-state index in [9.17, 15) is 15.3 Å². The summed E-state index contributed by atoms with van der Waals surface area (Å²) in [6.45, 7) is 0. The number of nitrogens with zero attached hydrogens (tertiary/aromatic N) is 4. The Bertz CT molecular complexity index is 1110. The summed E-state index contributed by atoms with van der Waals surface area (Å²) < 4.78 is 1.89. The fourth-order valence-electron chi connectivity index (χ4n) is 8.94. The van der Waals surface area contributed by atoms with Crippen LogP contribution in [0, 0.1) is 23.7 Å². The minimum Gasteiger partial charge on any atom is -0.477 e. The lowest BCUT2D eigenvalue weighted by Gasteiger charge is -2.60. The Kier molecular flexibility index (Phi) is 4.15. The van der Waals surface area contributed by atoms with Crippen molar-refractivity contribution in [2.75, 3.05) is 0 Å². The molecular weight excluding hydrogens is 400 g/mol. The van der Waals surface area contributed by atoms with Crippen LogP contribution in [-0.2, 0) is 0 Å². The zero-order chi connectivity index (χ0) is 21.6. The molecule has 1 aromatic carbocycles. The first-order chi connectivity index (χ1) is 15.6. The van der Waals surface area contributed by atoms with Crippen LogP contribution >= 0.6 is 0 Å². The maximum Gasteiger partial charge on any atom is 0.354 e. The molecule has 3 atom stereocenters. The van der Waals surface area contributed by atoms with Crippen LogP contribution in [0.4, 0.5) is 0 Å². The van der Waals surface area contributed by atoms with Crippen molar-refractivity contribution in [2.24, 2.45) is 23.7 Å². The highest BCUT2D eigenvalue weighted by Crippen LogP contribution is 2.57. The smallest absolute Gasteiger partial charge is 0.354 e. The van der Waals surface area contributed by atoms with E-state index in [2.05, 4.69) is 9.88 Å². The predicted molar refractivity (Wildman–Crippen MR) is 121 cm³/mol. The second-order valence-corrected chi connectivity index (χ2v) is 11.3. The van der Waals surface area contributed by atoms with Crippen LogP contribution in [0.15, 0.2) is 24.3 Å². The molecule has 2 aromatic rings. The second-order valence-electron chi connectivity index (χ2n) is 11.3. The zero-order valence-corrected chi connectivity index (χ0v) is 18.4. The molecular formula is C26H31N4O2-. The standard InChI is InChI=1S/C26H31N4O2/c27-25-23(26(31)32)28-21-3-1-2-4-22(21)30(25)20-12-18-5-6-19(13-20)29(18)24-16-8-14-7-15(10-16)11-17(24)9-14/h1-4,14-20,24H,5-13H2,(H,31,32)/q-1/t14?,15?,16?,17?,18-,19+,20?,24?. The van der Waals surface area contributed by atoms with Crippen LogP contribution in [-0.4, -0.2) is 43.7 Å². The molecule has 0 radical (unpaired) electrons. The monoisotopic (exact) mass is 431 g/mol. The highest BCUT2D eigenvalue weighted by molar-refractivity contribution is 5.88. The van der Waals surface area contributed by atoms with Gasteiger partial charge in [-0.15, -0.1) is 0 Å². The molecule has 4 saturated carbocycles. The van der Waals surface area contributed by atoms with Gasteiger partial charge in [0.05, 0.1) is 5.52 Å². The molecule has 4 aliphatic carbocycles. The molecule has 6 aliphatic rings. The Morgan fingerprint density at radius 2 is 1.53 bits per heavy atom. The van der Waals surface area contributed by atoms with Crippen molar-refractivity contribution in [2.45, 2.75) is 82.0 Å². The van der Waals surface area contributed by atoms with Crippen molar-refractivity contribution in [3.8, 4) is 0 Å². The first-order valence-electron chi connectivity index (χ1n) is 12.6. The van der Waals surface area contributed by atoms with Gasteiger partial charge in [-0.1, -0.05) is 18.2 Å². The van der Waals surface area contributed by atoms with Gasteiger partial charge in [-0.3, -0.25) is 4.90 Å². The maximum atomic E-state index is 11.8. The maximum absolute atomic E-state index is 11.8. The first kappa shape index (κ1) is 19.3.